The van der Waals surface area contributed by atoms with Gasteiger partial charge in [0.15, 0.2) is 16.6 Å². The van der Waals surface area contributed by atoms with Gasteiger partial charge in [-0.15, -0.1) is 0 Å². The van der Waals surface area contributed by atoms with Crippen molar-refractivity contribution >= 4 is 73.7 Å². The van der Waals surface area contributed by atoms with Gasteiger partial charge in [0.25, 0.3) is 11.8 Å². The van der Waals surface area contributed by atoms with Crippen LogP contribution in [0.2, 0.25) is 0 Å². The smallest absolute Gasteiger partial charge is 0.265 e. The number of benzene rings is 2. The zero-order valence-electron chi connectivity index (χ0n) is 17.1. The Morgan fingerprint density at radius 2 is 1.68 bits per heavy atom. The maximum Gasteiger partial charge on any atom is 0.265 e. The van der Waals surface area contributed by atoms with E-state index in [1.54, 1.807) is 26.2 Å². The molecule has 0 atom stereocenters. The molecule has 1 aliphatic heterocycles. The van der Waals surface area contributed by atoms with Gasteiger partial charge in [-0.25, -0.2) is 0 Å². The minimum absolute atomic E-state index is 0.0282. The lowest BCUT2D eigenvalue weighted by Gasteiger charge is -2.31. The summed E-state index contributed by atoms with van der Waals surface area (Å²) < 4.78 is 13.6. The molecule has 0 saturated carbocycles. The summed E-state index contributed by atoms with van der Waals surface area (Å²) in [4.78, 5) is 27.7. The molecule has 0 spiro atoms. The van der Waals surface area contributed by atoms with E-state index in [2.05, 4.69) is 38.5 Å². The fourth-order valence-electron chi connectivity index (χ4n) is 2.95. The van der Waals surface area contributed by atoms with Gasteiger partial charge in [0.1, 0.15) is 12.2 Å². The molecule has 0 unspecified atom stereocenters. The van der Waals surface area contributed by atoms with E-state index in [0.29, 0.717) is 34.7 Å². The lowest BCUT2D eigenvalue weighted by Crippen LogP contribution is -2.52. The number of likely N-dealkylation sites (N-methyl/N-ethyl adjacent to an activating group) is 2. The molecule has 1 saturated heterocycles. The topological polar surface area (TPSA) is 59.1 Å². The SMILES string of the molecule is CCOc1cc(C=C2C(=O)N(C)C(=S)N(C)C2=O)cc(Br)c1OCc1ccc(I)cc1. The number of hydrogen-bond acceptors (Lipinski definition) is 5. The van der Waals surface area contributed by atoms with Crippen LogP contribution >= 0.6 is 50.7 Å². The van der Waals surface area contributed by atoms with Gasteiger partial charge in [-0.3, -0.25) is 19.4 Å². The van der Waals surface area contributed by atoms with E-state index in [1.807, 2.05) is 31.2 Å². The molecule has 1 fully saturated rings. The maximum atomic E-state index is 12.6. The molecule has 2 aromatic rings. The van der Waals surface area contributed by atoms with Gasteiger partial charge in [-0.2, -0.15) is 0 Å². The fourth-order valence-corrected chi connectivity index (χ4v) is 4.05. The molecule has 0 bridgehead atoms. The molecule has 1 aliphatic rings. The van der Waals surface area contributed by atoms with Gasteiger partial charge in [0.2, 0.25) is 0 Å². The Balaban J connectivity index is 1.93. The van der Waals surface area contributed by atoms with Crippen molar-refractivity contribution in [3.8, 4) is 11.5 Å². The van der Waals surface area contributed by atoms with Crippen LogP contribution in [-0.2, 0) is 16.2 Å². The van der Waals surface area contributed by atoms with Crippen LogP contribution in [0.3, 0.4) is 0 Å². The van der Waals surface area contributed by atoms with Gasteiger partial charge in [-0.1, -0.05) is 12.1 Å². The highest BCUT2D eigenvalue weighted by Crippen LogP contribution is 2.38. The average Bonchev–Trinajstić information content (AvgIpc) is 2.75. The molecule has 31 heavy (non-hydrogen) atoms. The van der Waals surface area contributed by atoms with Crippen LogP contribution in [0.15, 0.2) is 46.4 Å². The van der Waals surface area contributed by atoms with Crippen molar-refractivity contribution in [1.29, 1.82) is 0 Å². The van der Waals surface area contributed by atoms with Crippen molar-refractivity contribution < 1.29 is 19.1 Å². The molecule has 1 heterocycles. The van der Waals surface area contributed by atoms with Crippen LogP contribution < -0.4 is 9.47 Å². The number of rotatable bonds is 6. The zero-order valence-corrected chi connectivity index (χ0v) is 21.7. The molecule has 0 aromatic heterocycles. The van der Waals surface area contributed by atoms with Crippen molar-refractivity contribution in [2.45, 2.75) is 13.5 Å². The highest BCUT2D eigenvalue weighted by atomic mass is 127. The van der Waals surface area contributed by atoms with Gasteiger partial charge in [-0.05, 0) is 99.1 Å². The summed E-state index contributed by atoms with van der Waals surface area (Å²) >= 11 is 10.9. The van der Waals surface area contributed by atoms with Crippen LogP contribution in [0.25, 0.3) is 6.08 Å². The van der Waals surface area contributed by atoms with Crippen molar-refractivity contribution in [3.05, 3.63) is 61.1 Å². The lowest BCUT2D eigenvalue weighted by atomic mass is 10.1. The Kier molecular flexibility index (Phi) is 7.71. The Morgan fingerprint density at radius 1 is 1.06 bits per heavy atom. The van der Waals surface area contributed by atoms with Gasteiger partial charge in [0.05, 0.1) is 11.1 Å². The first-order valence-corrected chi connectivity index (χ1v) is 11.7. The van der Waals surface area contributed by atoms with Gasteiger partial charge < -0.3 is 9.47 Å². The summed E-state index contributed by atoms with van der Waals surface area (Å²) in [7, 11) is 3.09. The molecule has 162 valence electrons. The summed E-state index contributed by atoms with van der Waals surface area (Å²) in [5.74, 6) is 0.184. The Morgan fingerprint density at radius 3 is 2.26 bits per heavy atom. The minimum atomic E-state index is -0.443. The number of carbonyl (C=O) groups excluding carboxylic acids is 2. The second-order valence-electron chi connectivity index (χ2n) is 6.75. The number of hydrogen-bond donors (Lipinski definition) is 0. The first-order chi connectivity index (χ1) is 14.7. The minimum Gasteiger partial charge on any atom is -0.490 e. The third-order valence-corrected chi connectivity index (χ3v) is 6.44. The summed E-state index contributed by atoms with van der Waals surface area (Å²) in [6.45, 7) is 2.69. The summed E-state index contributed by atoms with van der Waals surface area (Å²) in [5.41, 5.74) is 1.69. The predicted molar refractivity (Wildman–Crippen MR) is 135 cm³/mol. The van der Waals surface area contributed by atoms with Crippen molar-refractivity contribution in [2.75, 3.05) is 20.7 Å². The van der Waals surface area contributed by atoms with E-state index in [0.717, 1.165) is 9.13 Å². The number of amides is 2. The fraction of sp³-hybridized carbons (Fsp3) is 0.227. The van der Waals surface area contributed by atoms with E-state index in [4.69, 9.17) is 21.7 Å². The van der Waals surface area contributed by atoms with E-state index in [9.17, 15) is 9.59 Å². The molecular weight excluding hydrogens is 595 g/mol. The number of carbonyl (C=O) groups is 2. The molecule has 9 heteroatoms. The first kappa shape index (κ1) is 23.7. The maximum absolute atomic E-state index is 12.6. The summed E-state index contributed by atoms with van der Waals surface area (Å²) in [5, 5.41) is 0.169. The van der Waals surface area contributed by atoms with E-state index in [1.165, 1.54) is 15.9 Å². The third-order valence-electron chi connectivity index (χ3n) is 4.58. The van der Waals surface area contributed by atoms with E-state index in [-0.39, 0.29) is 10.7 Å². The monoisotopic (exact) mass is 614 g/mol. The molecule has 0 aliphatic carbocycles. The van der Waals surface area contributed by atoms with Crippen molar-refractivity contribution in [1.82, 2.24) is 9.80 Å². The number of ether oxygens (including phenoxy) is 2. The predicted octanol–water partition coefficient (Wildman–Crippen LogP) is 4.63. The van der Waals surface area contributed by atoms with Crippen LogP contribution in [0.4, 0.5) is 0 Å². The van der Waals surface area contributed by atoms with E-state index < -0.39 is 11.8 Å². The second-order valence-corrected chi connectivity index (χ2v) is 9.21. The molecular formula is C22H20BrIN2O4S. The first-order valence-electron chi connectivity index (χ1n) is 9.38. The van der Waals surface area contributed by atoms with Crippen molar-refractivity contribution in [3.63, 3.8) is 0 Å². The van der Waals surface area contributed by atoms with Crippen LogP contribution in [0.1, 0.15) is 18.1 Å². The number of halogens is 2. The second kappa shape index (κ2) is 10.1. The number of nitrogens with zero attached hydrogens (tertiary/aromatic N) is 2. The third kappa shape index (κ3) is 5.27. The molecule has 6 nitrogen and oxygen atoms in total. The largest absolute Gasteiger partial charge is 0.490 e. The zero-order chi connectivity index (χ0) is 22.7. The standard InChI is InChI=1S/C22H20BrIN2O4S/c1-4-29-18-11-14(9-16-20(27)25(2)22(31)26(3)21(16)28)10-17(23)19(18)30-12-13-5-7-15(24)8-6-13/h5-11H,4,12H2,1-3H3. The average molecular weight is 615 g/mol. The van der Waals surface area contributed by atoms with Crippen LogP contribution in [-0.4, -0.2) is 47.4 Å². The Bertz CT molecular complexity index is 1050. The Labute approximate surface area is 208 Å². The molecule has 3 rings (SSSR count). The Hall–Kier alpha value is -1.98. The van der Waals surface area contributed by atoms with E-state index >= 15 is 0 Å². The summed E-state index contributed by atoms with van der Waals surface area (Å²) in [6.07, 6.45) is 1.54. The van der Waals surface area contributed by atoms with Crippen LogP contribution in [0, 0.1) is 3.57 Å². The highest BCUT2D eigenvalue weighted by molar-refractivity contribution is 14.1. The summed E-state index contributed by atoms with van der Waals surface area (Å²) in [6, 6.07) is 11.6. The normalized spacial score (nSPS) is 14.2. The highest BCUT2D eigenvalue weighted by Gasteiger charge is 2.35. The van der Waals surface area contributed by atoms with Crippen molar-refractivity contribution in [2.24, 2.45) is 0 Å². The molecule has 2 aromatic carbocycles. The molecule has 2 amide bonds. The van der Waals surface area contributed by atoms with Crippen LogP contribution in [0.5, 0.6) is 11.5 Å². The lowest BCUT2D eigenvalue weighted by molar-refractivity contribution is -0.132. The van der Waals surface area contributed by atoms with Gasteiger partial charge in [0, 0.05) is 17.7 Å². The molecule has 0 radical (unpaired) electrons. The number of thiocarbonyl (C=S) groups is 1. The molecule has 0 N–H and O–H groups in total. The quantitative estimate of drug-likeness (QED) is 0.206. The van der Waals surface area contributed by atoms with Gasteiger partial charge >= 0.3 is 0 Å².